The number of anilines is 1. The molecule has 0 aliphatic heterocycles. The van der Waals surface area contributed by atoms with Crippen molar-refractivity contribution in [3.63, 3.8) is 0 Å². The molecule has 2 heterocycles. The summed E-state index contributed by atoms with van der Waals surface area (Å²) < 4.78 is 1.98. The van der Waals surface area contributed by atoms with E-state index in [0.717, 1.165) is 12.2 Å². The normalized spacial score (nSPS) is 10.3. The van der Waals surface area contributed by atoms with Crippen LogP contribution in [0.3, 0.4) is 0 Å². The molecule has 0 spiro atoms. The fourth-order valence-electron chi connectivity index (χ4n) is 1.40. The van der Waals surface area contributed by atoms with Crippen LogP contribution in [0.1, 0.15) is 6.92 Å². The Bertz CT molecular complexity index is 449. The van der Waals surface area contributed by atoms with Crippen LogP contribution in [0.25, 0.3) is 11.4 Å². The molecule has 6 heteroatoms. The molecule has 0 aliphatic carbocycles. The van der Waals surface area contributed by atoms with E-state index in [1.807, 2.05) is 11.5 Å². The number of hydrogen-bond donors (Lipinski definition) is 2. The Hall–Kier alpha value is -1.95. The molecule has 6 nitrogen and oxygen atoms in total. The Labute approximate surface area is 87.2 Å². The van der Waals surface area contributed by atoms with Crippen LogP contribution in [0.2, 0.25) is 0 Å². The van der Waals surface area contributed by atoms with Crippen molar-refractivity contribution in [3.8, 4) is 11.4 Å². The molecule has 0 atom stereocenters. The van der Waals surface area contributed by atoms with E-state index in [4.69, 9.17) is 5.84 Å². The average Bonchev–Trinajstić information content (AvgIpc) is 2.76. The van der Waals surface area contributed by atoms with Gasteiger partial charge in [0.15, 0.2) is 5.82 Å². The van der Waals surface area contributed by atoms with E-state index >= 15 is 0 Å². The lowest BCUT2D eigenvalue weighted by Gasteiger charge is -2.07. The Morgan fingerprint density at radius 2 is 2.20 bits per heavy atom. The Morgan fingerprint density at radius 3 is 2.93 bits per heavy atom. The second-order valence-corrected chi connectivity index (χ2v) is 2.96. The van der Waals surface area contributed by atoms with Crippen LogP contribution < -0.4 is 11.3 Å². The second kappa shape index (κ2) is 4.05. The first kappa shape index (κ1) is 9.60. The molecule has 0 radical (unpaired) electrons. The number of aryl methyl sites for hydroxylation is 1. The molecule has 0 fully saturated rings. The van der Waals surface area contributed by atoms with Gasteiger partial charge in [-0.25, -0.2) is 20.8 Å². The Balaban J connectivity index is 2.53. The van der Waals surface area contributed by atoms with Crippen LogP contribution in [0, 0.1) is 0 Å². The number of hydrogen-bond acceptors (Lipinski definition) is 5. The summed E-state index contributed by atoms with van der Waals surface area (Å²) in [7, 11) is 0. The van der Waals surface area contributed by atoms with Crippen molar-refractivity contribution in [2.24, 2.45) is 5.84 Å². The topological polar surface area (TPSA) is 81.7 Å². The molecule has 0 amide bonds. The highest BCUT2D eigenvalue weighted by molar-refractivity contribution is 5.67. The van der Waals surface area contributed by atoms with Gasteiger partial charge in [-0.15, -0.1) is 0 Å². The standard InChI is InChI=1S/C9H12N6/c1-2-15-6-11-5-7(15)8-9(14-10)13-4-3-12-8/h3-6H,2,10H2,1H3,(H,13,14). The summed E-state index contributed by atoms with van der Waals surface area (Å²) in [6, 6.07) is 0. The molecule has 2 aromatic rings. The minimum atomic E-state index is 0.549. The third kappa shape index (κ3) is 1.66. The van der Waals surface area contributed by atoms with Crippen LogP contribution in [0.15, 0.2) is 24.9 Å². The van der Waals surface area contributed by atoms with E-state index in [2.05, 4.69) is 20.4 Å². The summed E-state index contributed by atoms with van der Waals surface area (Å²) in [4.78, 5) is 12.4. The van der Waals surface area contributed by atoms with Crippen molar-refractivity contribution < 1.29 is 0 Å². The van der Waals surface area contributed by atoms with E-state index in [0.29, 0.717) is 11.5 Å². The molecule has 0 saturated heterocycles. The van der Waals surface area contributed by atoms with Crippen molar-refractivity contribution in [2.75, 3.05) is 5.43 Å². The summed E-state index contributed by atoms with van der Waals surface area (Å²) in [6.45, 7) is 2.87. The van der Waals surface area contributed by atoms with E-state index in [-0.39, 0.29) is 0 Å². The molecule has 2 aromatic heterocycles. The fraction of sp³-hybridized carbons (Fsp3) is 0.222. The predicted octanol–water partition coefficient (Wildman–Crippen LogP) is 0.646. The van der Waals surface area contributed by atoms with Gasteiger partial charge in [0.2, 0.25) is 0 Å². The van der Waals surface area contributed by atoms with Crippen molar-refractivity contribution in [1.29, 1.82) is 0 Å². The first-order chi connectivity index (χ1) is 7.36. The van der Waals surface area contributed by atoms with Gasteiger partial charge >= 0.3 is 0 Å². The number of nitrogens with one attached hydrogen (secondary N) is 1. The first-order valence-electron chi connectivity index (χ1n) is 4.65. The van der Waals surface area contributed by atoms with Crippen molar-refractivity contribution in [2.45, 2.75) is 13.5 Å². The van der Waals surface area contributed by atoms with Gasteiger partial charge in [-0.2, -0.15) is 0 Å². The summed E-state index contributed by atoms with van der Waals surface area (Å²) in [5.41, 5.74) is 4.13. The summed E-state index contributed by atoms with van der Waals surface area (Å²) in [5.74, 6) is 5.91. The van der Waals surface area contributed by atoms with Crippen molar-refractivity contribution in [3.05, 3.63) is 24.9 Å². The average molecular weight is 204 g/mol. The lowest BCUT2D eigenvalue weighted by Crippen LogP contribution is -2.11. The molecule has 0 bridgehead atoms. The predicted molar refractivity (Wildman–Crippen MR) is 56.7 cm³/mol. The lowest BCUT2D eigenvalue weighted by atomic mass is 10.3. The zero-order valence-electron chi connectivity index (χ0n) is 8.38. The maximum Gasteiger partial charge on any atom is 0.168 e. The lowest BCUT2D eigenvalue weighted by molar-refractivity contribution is 0.766. The first-order valence-corrected chi connectivity index (χ1v) is 4.65. The fourth-order valence-corrected chi connectivity index (χ4v) is 1.40. The maximum absolute atomic E-state index is 5.37. The van der Waals surface area contributed by atoms with Crippen LogP contribution in [0.4, 0.5) is 5.82 Å². The largest absolute Gasteiger partial charge is 0.330 e. The van der Waals surface area contributed by atoms with Crippen LogP contribution >= 0.6 is 0 Å². The molecule has 15 heavy (non-hydrogen) atoms. The smallest absolute Gasteiger partial charge is 0.168 e. The molecule has 2 rings (SSSR count). The molecular weight excluding hydrogens is 192 g/mol. The van der Waals surface area contributed by atoms with Crippen LogP contribution in [0.5, 0.6) is 0 Å². The highest BCUT2D eigenvalue weighted by atomic mass is 15.3. The van der Waals surface area contributed by atoms with Gasteiger partial charge in [0.1, 0.15) is 5.69 Å². The van der Waals surface area contributed by atoms with E-state index in [9.17, 15) is 0 Å². The van der Waals surface area contributed by atoms with Crippen molar-refractivity contribution >= 4 is 5.82 Å². The number of nitrogen functional groups attached to an aromatic ring is 1. The monoisotopic (exact) mass is 204 g/mol. The zero-order valence-corrected chi connectivity index (χ0v) is 8.38. The van der Waals surface area contributed by atoms with E-state index in [1.165, 1.54) is 0 Å². The molecule has 0 unspecified atom stereocenters. The Morgan fingerprint density at radius 1 is 1.40 bits per heavy atom. The quantitative estimate of drug-likeness (QED) is 0.566. The highest BCUT2D eigenvalue weighted by Gasteiger charge is 2.10. The molecule has 3 N–H and O–H groups in total. The van der Waals surface area contributed by atoms with Gasteiger partial charge in [-0.1, -0.05) is 0 Å². The van der Waals surface area contributed by atoms with Crippen molar-refractivity contribution in [1.82, 2.24) is 19.5 Å². The minimum Gasteiger partial charge on any atom is -0.330 e. The van der Waals surface area contributed by atoms with E-state index < -0.39 is 0 Å². The molecular formula is C9H12N6. The minimum absolute atomic E-state index is 0.549. The summed E-state index contributed by atoms with van der Waals surface area (Å²) in [6.07, 6.45) is 6.72. The van der Waals surface area contributed by atoms with Crippen LogP contribution in [-0.4, -0.2) is 19.5 Å². The Kier molecular flexibility index (Phi) is 2.59. The molecule has 0 aliphatic rings. The number of nitrogens with zero attached hydrogens (tertiary/aromatic N) is 4. The van der Waals surface area contributed by atoms with Crippen LogP contribution in [-0.2, 0) is 6.54 Å². The van der Waals surface area contributed by atoms with Gasteiger partial charge in [-0.05, 0) is 6.92 Å². The third-order valence-corrected chi connectivity index (χ3v) is 2.13. The summed E-state index contributed by atoms with van der Waals surface area (Å²) >= 11 is 0. The number of rotatable bonds is 3. The number of nitrogens with two attached hydrogens (primary N) is 1. The number of aromatic nitrogens is 4. The van der Waals surface area contributed by atoms with Gasteiger partial charge in [0, 0.05) is 18.9 Å². The second-order valence-electron chi connectivity index (χ2n) is 2.96. The highest BCUT2D eigenvalue weighted by Crippen LogP contribution is 2.21. The van der Waals surface area contributed by atoms with Gasteiger partial charge in [0.05, 0.1) is 18.2 Å². The third-order valence-electron chi connectivity index (χ3n) is 2.13. The summed E-state index contributed by atoms with van der Waals surface area (Å²) in [5, 5.41) is 0. The SMILES string of the molecule is CCn1cncc1-c1nccnc1NN. The zero-order chi connectivity index (χ0) is 10.7. The van der Waals surface area contributed by atoms with Gasteiger partial charge in [0.25, 0.3) is 0 Å². The van der Waals surface area contributed by atoms with Gasteiger partial charge < -0.3 is 9.99 Å². The number of imidazole rings is 1. The molecule has 78 valence electrons. The van der Waals surface area contributed by atoms with E-state index in [1.54, 1.807) is 24.9 Å². The molecule has 0 saturated carbocycles. The maximum atomic E-state index is 5.37. The number of hydrazine groups is 1. The molecule has 0 aromatic carbocycles. The van der Waals surface area contributed by atoms with Gasteiger partial charge in [-0.3, -0.25) is 0 Å².